The Morgan fingerprint density at radius 3 is 2.64 bits per heavy atom. The molecule has 0 radical (unpaired) electrons. The van der Waals surface area contributed by atoms with Gasteiger partial charge < -0.3 is 16.0 Å². The van der Waals surface area contributed by atoms with Crippen LogP contribution >= 0.6 is 12.2 Å². The quantitative estimate of drug-likeness (QED) is 0.695. The molecule has 0 saturated heterocycles. The SMILES string of the molecule is Cc1cc(NC(N)=S)nc(N(C)C)n1. The maximum atomic E-state index is 5.35. The first-order valence-electron chi connectivity index (χ1n) is 4.08. The van der Waals surface area contributed by atoms with E-state index in [1.54, 1.807) is 6.07 Å². The predicted octanol–water partition coefficient (Wildman–Crippen LogP) is 0.507. The second-order valence-corrected chi connectivity index (χ2v) is 3.52. The average molecular weight is 211 g/mol. The van der Waals surface area contributed by atoms with Crippen LogP contribution in [0.4, 0.5) is 11.8 Å². The number of nitrogens with two attached hydrogens (primary N) is 1. The molecule has 1 aromatic rings. The molecule has 3 N–H and O–H groups in total. The highest BCUT2D eigenvalue weighted by molar-refractivity contribution is 7.80. The van der Waals surface area contributed by atoms with Crippen molar-refractivity contribution in [2.75, 3.05) is 24.3 Å². The van der Waals surface area contributed by atoms with Crippen LogP contribution in [0.3, 0.4) is 0 Å². The van der Waals surface area contributed by atoms with Crippen LogP contribution in [-0.4, -0.2) is 29.2 Å². The number of nitrogens with one attached hydrogen (secondary N) is 1. The third kappa shape index (κ3) is 2.81. The van der Waals surface area contributed by atoms with Crippen LogP contribution in [0.1, 0.15) is 5.69 Å². The van der Waals surface area contributed by atoms with E-state index in [1.165, 1.54) is 0 Å². The monoisotopic (exact) mass is 211 g/mol. The van der Waals surface area contributed by atoms with Gasteiger partial charge in [0, 0.05) is 25.9 Å². The Kier molecular flexibility index (Phi) is 3.19. The number of thiocarbonyl (C=S) groups is 1. The van der Waals surface area contributed by atoms with E-state index in [2.05, 4.69) is 15.3 Å². The van der Waals surface area contributed by atoms with Gasteiger partial charge in [0.25, 0.3) is 0 Å². The average Bonchev–Trinajstić information content (AvgIpc) is 2.01. The summed E-state index contributed by atoms with van der Waals surface area (Å²) in [6, 6.07) is 1.78. The van der Waals surface area contributed by atoms with Crippen molar-refractivity contribution in [2.45, 2.75) is 6.92 Å². The minimum atomic E-state index is 0.202. The molecule has 14 heavy (non-hydrogen) atoms. The molecule has 0 amide bonds. The fraction of sp³-hybridized carbons (Fsp3) is 0.375. The minimum absolute atomic E-state index is 0.202. The zero-order valence-corrected chi connectivity index (χ0v) is 9.22. The molecule has 0 aliphatic carbocycles. The first kappa shape index (κ1) is 10.6. The number of hydrogen-bond acceptors (Lipinski definition) is 4. The number of aromatic nitrogens is 2. The lowest BCUT2D eigenvalue weighted by atomic mass is 10.4. The lowest BCUT2D eigenvalue weighted by Crippen LogP contribution is -2.21. The van der Waals surface area contributed by atoms with Gasteiger partial charge in [0.2, 0.25) is 5.95 Å². The van der Waals surface area contributed by atoms with Gasteiger partial charge in [0.1, 0.15) is 5.82 Å². The van der Waals surface area contributed by atoms with E-state index in [-0.39, 0.29) is 5.11 Å². The molecule has 1 rings (SSSR count). The zero-order valence-electron chi connectivity index (χ0n) is 8.40. The molecule has 1 aromatic heterocycles. The molecule has 0 spiro atoms. The smallest absolute Gasteiger partial charge is 0.227 e. The largest absolute Gasteiger partial charge is 0.376 e. The maximum Gasteiger partial charge on any atom is 0.227 e. The molecule has 6 heteroatoms. The van der Waals surface area contributed by atoms with E-state index in [9.17, 15) is 0 Å². The summed E-state index contributed by atoms with van der Waals surface area (Å²) in [5.41, 5.74) is 6.21. The Balaban J connectivity index is 3.01. The number of hydrogen-bond donors (Lipinski definition) is 2. The van der Waals surface area contributed by atoms with E-state index in [0.717, 1.165) is 5.69 Å². The van der Waals surface area contributed by atoms with Gasteiger partial charge in [-0.3, -0.25) is 0 Å². The first-order chi connectivity index (χ1) is 6.49. The second kappa shape index (κ2) is 4.19. The molecule has 1 heterocycles. The van der Waals surface area contributed by atoms with Crippen molar-refractivity contribution in [3.63, 3.8) is 0 Å². The Morgan fingerprint density at radius 1 is 1.50 bits per heavy atom. The Bertz CT molecular complexity index is 350. The number of anilines is 2. The maximum absolute atomic E-state index is 5.35. The van der Waals surface area contributed by atoms with Crippen molar-refractivity contribution in [3.8, 4) is 0 Å². The van der Waals surface area contributed by atoms with Gasteiger partial charge in [0.15, 0.2) is 5.11 Å². The van der Waals surface area contributed by atoms with Crippen LogP contribution in [0.25, 0.3) is 0 Å². The van der Waals surface area contributed by atoms with Crippen molar-refractivity contribution in [2.24, 2.45) is 5.73 Å². The molecular weight excluding hydrogens is 198 g/mol. The molecule has 0 aromatic carbocycles. The molecule has 0 atom stereocenters. The summed E-state index contributed by atoms with van der Waals surface area (Å²) in [6.07, 6.45) is 0. The van der Waals surface area contributed by atoms with Gasteiger partial charge >= 0.3 is 0 Å². The number of nitrogens with zero attached hydrogens (tertiary/aromatic N) is 3. The minimum Gasteiger partial charge on any atom is -0.376 e. The topological polar surface area (TPSA) is 67.1 Å². The second-order valence-electron chi connectivity index (χ2n) is 3.08. The summed E-state index contributed by atoms with van der Waals surface area (Å²) < 4.78 is 0. The highest BCUT2D eigenvalue weighted by atomic mass is 32.1. The Morgan fingerprint density at radius 2 is 2.14 bits per heavy atom. The normalized spacial score (nSPS) is 9.64. The number of aryl methyl sites for hydroxylation is 1. The van der Waals surface area contributed by atoms with Gasteiger partial charge in [-0.15, -0.1) is 0 Å². The summed E-state index contributed by atoms with van der Waals surface area (Å²) in [4.78, 5) is 10.3. The summed E-state index contributed by atoms with van der Waals surface area (Å²) >= 11 is 4.72. The Labute approximate surface area is 88.3 Å². The third-order valence-corrected chi connectivity index (χ3v) is 1.60. The van der Waals surface area contributed by atoms with Gasteiger partial charge in [-0.25, -0.2) is 4.98 Å². The van der Waals surface area contributed by atoms with Crippen LogP contribution in [0.5, 0.6) is 0 Å². The Hall–Kier alpha value is -1.43. The summed E-state index contributed by atoms with van der Waals surface area (Å²) in [6.45, 7) is 1.89. The highest BCUT2D eigenvalue weighted by Crippen LogP contribution is 2.10. The molecule has 0 aliphatic heterocycles. The zero-order chi connectivity index (χ0) is 10.7. The fourth-order valence-electron chi connectivity index (χ4n) is 0.943. The molecule has 5 nitrogen and oxygen atoms in total. The standard InChI is InChI=1S/C8H13N5S/c1-5-4-6(11-7(9)14)12-8(10-5)13(2)3/h4H,1-3H3,(H3,9,10,11,12,14). The van der Waals surface area contributed by atoms with E-state index >= 15 is 0 Å². The molecule has 0 fully saturated rings. The van der Waals surface area contributed by atoms with Crippen LogP contribution in [0.15, 0.2) is 6.07 Å². The predicted molar refractivity (Wildman–Crippen MR) is 61.5 cm³/mol. The van der Waals surface area contributed by atoms with Crippen molar-refractivity contribution >= 4 is 29.1 Å². The van der Waals surface area contributed by atoms with Gasteiger partial charge in [-0.05, 0) is 19.1 Å². The van der Waals surface area contributed by atoms with Crippen molar-refractivity contribution < 1.29 is 0 Å². The highest BCUT2D eigenvalue weighted by Gasteiger charge is 2.03. The van der Waals surface area contributed by atoms with Crippen molar-refractivity contribution in [1.29, 1.82) is 0 Å². The van der Waals surface area contributed by atoms with Crippen molar-refractivity contribution in [1.82, 2.24) is 9.97 Å². The van der Waals surface area contributed by atoms with Crippen LogP contribution in [0.2, 0.25) is 0 Å². The summed E-state index contributed by atoms with van der Waals surface area (Å²) in [7, 11) is 3.75. The molecule has 0 unspecified atom stereocenters. The fourth-order valence-corrected chi connectivity index (χ4v) is 1.05. The van der Waals surface area contributed by atoms with E-state index in [4.69, 9.17) is 18.0 Å². The van der Waals surface area contributed by atoms with E-state index < -0.39 is 0 Å². The lowest BCUT2D eigenvalue weighted by molar-refractivity contribution is 0.981. The summed E-state index contributed by atoms with van der Waals surface area (Å²) in [5, 5.41) is 2.97. The van der Waals surface area contributed by atoms with E-state index in [1.807, 2.05) is 25.9 Å². The molecule has 0 saturated carbocycles. The number of rotatable bonds is 2. The first-order valence-corrected chi connectivity index (χ1v) is 4.49. The van der Waals surface area contributed by atoms with Crippen LogP contribution < -0.4 is 16.0 Å². The van der Waals surface area contributed by atoms with Crippen LogP contribution in [0, 0.1) is 6.92 Å². The molecular formula is C8H13N5S. The van der Waals surface area contributed by atoms with Gasteiger partial charge in [-0.1, -0.05) is 0 Å². The van der Waals surface area contributed by atoms with Crippen molar-refractivity contribution in [3.05, 3.63) is 11.8 Å². The molecule has 0 aliphatic rings. The van der Waals surface area contributed by atoms with E-state index in [0.29, 0.717) is 11.8 Å². The lowest BCUT2D eigenvalue weighted by Gasteiger charge is -2.12. The third-order valence-electron chi connectivity index (χ3n) is 1.49. The molecule has 76 valence electrons. The van der Waals surface area contributed by atoms with Crippen LogP contribution in [-0.2, 0) is 0 Å². The molecule has 0 bridgehead atoms. The van der Waals surface area contributed by atoms with Gasteiger partial charge in [0.05, 0.1) is 0 Å². The van der Waals surface area contributed by atoms with Gasteiger partial charge in [-0.2, -0.15) is 4.98 Å². The summed E-state index contributed by atoms with van der Waals surface area (Å²) in [5.74, 6) is 1.25.